The van der Waals surface area contributed by atoms with Gasteiger partial charge < -0.3 is 34.9 Å². The van der Waals surface area contributed by atoms with Crippen molar-refractivity contribution in [1.82, 2.24) is 0 Å². The van der Waals surface area contributed by atoms with Gasteiger partial charge in [0.05, 0.1) is 40.7 Å². The van der Waals surface area contributed by atoms with Crippen molar-refractivity contribution in [3.05, 3.63) is 166 Å². The number of ether oxygens (including phenoxy) is 2. The number of carbonyl (C=O) groups excluding carboxylic acids is 2. The zero-order chi connectivity index (χ0) is 54.9. The summed E-state index contributed by atoms with van der Waals surface area (Å²) in [5, 5.41) is 48.7. The Hall–Kier alpha value is -6.41. The zero-order valence-corrected chi connectivity index (χ0v) is 49.2. The van der Waals surface area contributed by atoms with Gasteiger partial charge in [0.2, 0.25) is 0 Å². The topological polar surface area (TPSA) is 281 Å². The third-order valence-corrected chi connectivity index (χ3v) is 13.6. The molecule has 0 aliphatic rings. The number of nitrogens with one attached hydrogen (secondary N) is 2. The van der Waals surface area contributed by atoms with Crippen molar-refractivity contribution in [2.45, 2.75) is 50.3 Å². The van der Waals surface area contributed by atoms with Crippen LogP contribution >= 0.6 is 23.2 Å². The van der Waals surface area contributed by atoms with Crippen molar-refractivity contribution in [2.75, 3.05) is 23.8 Å². The minimum absolute atomic E-state index is 0. The summed E-state index contributed by atoms with van der Waals surface area (Å²) in [5.74, 6) is -0.994. The van der Waals surface area contributed by atoms with Crippen LogP contribution in [0.25, 0.3) is 21.5 Å². The standard InChI is InChI=1S/2C27H24ClN3O6S.Ba/c2*1-3-20-23(14-17(28)15-24(20)38(34,35)36)30-31-25-21-8-6-5-7-16(21)13-22(26(25)32)27(33)29-18-9-11-19(12-10-18)37-4-2;/h2*5-15,32H,3-4H2,1-2H3,(H,29,33)(H,34,35,36);/q;;+2/p-2. The second-order valence-corrected chi connectivity index (χ2v) is 19.9. The zero-order valence-electron chi connectivity index (χ0n) is 41.6. The first-order chi connectivity index (χ1) is 36.2. The summed E-state index contributed by atoms with van der Waals surface area (Å²) in [4.78, 5) is 25.3. The number of nitrogens with zero attached hydrogens (tertiary/aromatic N) is 4. The molecule has 0 aliphatic heterocycles. The van der Waals surface area contributed by atoms with Crippen molar-refractivity contribution >= 4 is 160 Å². The molecule has 8 aromatic carbocycles. The maximum Gasteiger partial charge on any atom is 2.00 e. The van der Waals surface area contributed by atoms with Crippen LogP contribution in [0.3, 0.4) is 0 Å². The van der Waals surface area contributed by atoms with Crippen LogP contribution in [0.2, 0.25) is 10.0 Å². The molecule has 0 unspecified atom stereocenters. The molecule has 0 aromatic heterocycles. The van der Waals surface area contributed by atoms with Crippen molar-refractivity contribution in [3.8, 4) is 23.0 Å². The second-order valence-electron chi connectivity index (χ2n) is 16.3. The fourth-order valence-electron chi connectivity index (χ4n) is 7.91. The summed E-state index contributed by atoms with van der Waals surface area (Å²) >= 11 is 12.1. The number of hydrogen-bond acceptors (Lipinski definition) is 15. The number of benzene rings is 8. The molecule has 0 fully saturated rings. The molecular weight excluding hydrogens is 1200 g/mol. The first-order valence-corrected chi connectivity index (χ1v) is 26.8. The van der Waals surface area contributed by atoms with Gasteiger partial charge in [0, 0.05) is 43.3 Å². The average Bonchev–Trinajstić information content (AvgIpc) is 3.39. The molecule has 0 radical (unpaired) electrons. The number of carbonyl (C=O) groups is 2. The minimum atomic E-state index is -4.83. The van der Waals surface area contributed by atoms with Gasteiger partial charge in [-0.05, 0) is 128 Å². The maximum atomic E-state index is 13.4. The van der Waals surface area contributed by atoms with Gasteiger partial charge in [-0.25, -0.2) is 8.42 Å². The third-order valence-electron chi connectivity index (χ3n) is 11.4. The molecule has 0 aliphatic carbocycles. The van der Waals surface area contributed by atoms with E-state index in [9.17, 15) is 45.7 Å². The van der Waals surface area contributed by atoms with Crippen LogP contribution in [0.1, 0.15) is 59.5 Å². The molecule has 18 nitrogen and oxygen atoms in total. The van der Waals surface area contributed by atoms with Gasteiger partial charge in [0.25, 0.3) is 21.9 Å². The summed E-state index contributed by atoms with van der Waals surface area (Å²) < 4.78 is 79.5. The van der Waals surface area contributed by atoms with Crippen molar-refractivity contribution in [3.63, 3.8) is 0 Å². The predicted molar refractivity (Wildman–Crippen MR) is 294 cm³/mol. The predicted octanol–water partition coefficient (Wildman–Crippen LogP) is 12.8. The largest absolute Gasteiger partial charge is 2.00 e. The summed E-state index contributed by atoms with van der Waals surface area (Å²) in [6.07, 6.45) is 0.357. The van der Waals surface area contributed by atoms with Gasteiger partial charge in [-0.2, -0.15) is 23.8 Å². The molecular formula is C54H46BaCl2N6O12S2. The number of phenols is 1. The van der Waals surface area contributed by atoms with Crippen LogP contribution in [-0.2, 0) is 33.1 Å². The molecule has 4 N–H and O–H groups in total. The molecule has 8 rings (SSSR count). The second kappa shape index (κ2) is 26.3. The van der Waals surface area contributed by atoms with Crippen LogP contribution in [0, 0.1) is 0 Å². The van der Waals surface area contributed by atoms with E-state index in [2.05, 4.69) is 31.1 Å². The fraction of sp³-hybridized carbons (Fsp3) is 0.148. The molecule has 77 heavy (non-hydrogen) atoms. The van der Waals surface area contributed by atoms with Crippen LogP contribution in [0.5, 0.6) is 23.0 Å². The van der Waals surface area contributed by atoms with E-state index in [1.807, 2.05) is 13.8 Å². The molecule has 23 heteroatoms. The van der Waals surface area contributed by atoms with E-state index in [1.54, 1.807) is 117 Å². The molecule has 0 bridgehead atoms. The molecule has 0 saturated carbocycles. The van der Waals surface area contributed by atoms with E-state index in [0.29, 0.717) is 57.6 Å². The van der Waals surface area contributed by atoms with E-state index in [4.69, 9.17) is 32.7 Å². The van der Waals surface area contributed by atoms with E-state index < -0.39 is 48.4 Å². The number of amides is 2. The molecule has 8 aromatic rings. The third kappa shape index (κ3) is 14.6. The van der Waals surface area contributed by atoms with E-state index in [-0.39, 0.29) is 122 Å². The number of azo groups is 2. The average molecular weight is 1240 g/mol. The summed E-state index contributed by atoms with van der Waals surface area (Å²) in [7, 11) is -9.40. The Kier molecular flexibility index (Phi) is 20.4. The molecule has 0 heterocycles. The Morgan fingerprint density at radius 1 is 0.584 bits per heavy atom. The number of aromatic hydroxyl groups is 1. The maximum absolute atomic E-state index is 13.4. The van der Waals surface area contributed by atoms with Crippen LogP contribution < -0.4 is 25.2 Å². The van der Waals surface area contributed by atoms with Crippen LogP contribution in [-0.4, -0.2) is 105 Å². The van der Waals surface area contributed by atoms with Crippen molar-refractivity contribution in [1.29, 1.82) is 0 Å². The van der Waals surface area contributed by atoms with Gasteiger partial charge >= 0.3 is 48.9 Å². The van der Waals surface area contributed by atoms with Crippen LogP contribution in [0.4, 0.5) is 34.1 Å². The Labute approximate surface area is 493 Å². The van der Waals surface area contributed by atoms with Crippen molar-refractivity contribution < 1.29 is 55.2 Å². The molecule has 0 atom stereocenters. The Morgan fingerprint density at radius 2 is 1.00 bits per heavy atom. The number of anilines is 2. The van der Waals surface area contributed by atoms with Crippen LogP contribution in [0.15, 0.2) is 164 Å². The number of phenolic OH excluding ortho intramolecular Hbond substituents is 1. The number of fused-ring (bicyclic) bond motifs is 2. The number of rotatable bonds is 16. The smallest absolute Gasteiger partial charge is 0.870 e. The first kappa shape index (κ1) is 59.8. The van der Waals surface area contributed by atoms with Gasteiger partial charge in [0.15, 0.2) is 5.75 Å². The first-order valence-electron chi connectivity index (χ1n) is 23.2. The molecule has 392 valence electrons. The minimum Gasteiger partial charge on any atom is -0.870 e. The quantitative estimate of drug-likeness (QED) is 0.0399. The van der Waals surface area contributed by atoms with Gasteiger partial charge in [0.1, 0.15) is 32.2 Å². The Morgan fingerprint density at radius 3 is 1.45 bits per heavy atom. The van der Waals surface area contributed by atoms with Crippen molar-refractivity contribution in [2.24, 2.45) is 20.5 Å². The number of hydrogen-bond donors (Lipinski definition) is 4. The fourth-order valence-corrected chi connectivity index (χ4v) is 10.1. The van der Waals surface area contributed by atoms with E-state index in [1.165, 1.54) is 18.2 Å². The van der Waals surface area contributed by atoms with Gasteiger partial charge in [-0.3, -0.25) is 14.1 Å². The van der Waals surface area contributed by atoms with Gasteiger partial charge in [-0.1, -0.05) is 91.3 Å². The summed E-state index contributed by atoms with van der Waals surface area (Å²) in [6.45, 7) is 8.09. The SMILES string of the molecule is CCOc1ccc(NC(=O)c2cc3ccccc3c(N=Nc3cc(Cl)cc(S(=O)(=O)O)c3CC)c2O)cc1.CCOc1ccc(NC(=O)c2cc3ccccc3c(N=Nc3cc(Cl)cc(S(=O)(=O)[O-])c3CC)c2[O-])cc1.[Ba+2]. The van der Waals surface area contributed by atoms with E-state index >= 15 is 0 Å². The molecule has 0 spiro atoms. The molecule has 2 amide bonds. The number of halogens is 2. The normalized spacial score (nSPS) is 11.5. The van der Waals surface area contributed by atoms with Gasteiger partial charge in [-0.15, -0.1) is 5.11 Å². The monoisotopic (exact) mass is 1240 g/mol. The Balaban J connectivity index is 0.000000246. The Bertz CT molecular complexity index is 3560. The molecule has 0 saturated heterocycles. The summed E-state index contributed by atoms with van der Waals surface area (Å²) in [6, 6.07) is 35.3. The van der Waals surface area contributed by atoms with E-state index in [0.717, 1.165) is 12.1 Å². The summed E-state index contributed by atoms with van der Waals surface area (Å²) in [5.41, 5.74) is 1.11.